The fraction of sp³-hybridized carbons (Fsp3) is 0.0833. The van der Waals surface area contributed by atoms with Crippen molar-refractivity contribution in [1.82, 2.24) is 10.3 Å². The van der Waals surface area contributed by atoms with Crippen LogP contribution in [0.25, 0.3) is 0 Å². The first kappa shape index (κ1) is 14.5. The maximum atomic E-state index is 11.9. The third-order valence-electron chi connectivity index (χ3n) is 2.43. The molecule has 8 heteroatoms. The smallest absolute Gasteiger partial charge is 0.355 e. The number of halogens is 1. The summed E-state index contributed by atoms with van der Waals surface area (Å²) in [5.41, 5.74) is 6.58. The average molecular weight is 356 g/mol. The Bertz CT molecular complexity index is 672. The first-order valence-corrected chi connectivity index (χ1v) is 7.15. The topological polar surface area (TPSA) is 105 Å². The maximum Gasteiger partial charge on any atom is 0.355 e. The Hall–Kier alpha value is -1.93. The zero-order chi connectivity index (χ0) is 14.7. The molecule has 0 saturated heterocycles. The first-order valence-electron chi connectivity index (χ1n) is 5.48. The van der Waals surface area contributed by atoms with Crippen LogP contribution >= 0.6 is 27.3 Å². The standard InChI is InChI=1S/C12H10BrN3O3S/c13-7-2-1-6(3-8(7)14)11(17)15-4-10-16-9(5-20-10)12(18)19/h1-3,5H,4,14H2,(H,15,17)(H,18,19). The van der Waals surface area contributed by atoms with Gasteiger partial charge in [-0.2, -0.15) is 0 Å². The summed E-state index contributed by atoms with van der Waals surface area (Å²) in [7, 11) is 0. The molecular formula is C12H10BrN3O3S. The predicted octanol–water partition coefficient (Wildman–Crippen LogP) is 2.12. The normalized spacial score (nSPS) is 10.2. The number of aromatic carboxylic acids is 1. The molecule has 0 unspecified atom stereocenters. The maximum absolute atomic E-state index is 11.9. The van der Waals surface area contributed by atoms with Crippen LogP contribution in [0.5, 0.6) is 0 Å². The molecule has 0 fully saturated rings. The minimum atomic E-state index is -1.08. The number of hydrogen-bond acceptors (Lipinski definition) is 5. The number of carboxylic acid groups (broad SMARTS) is 1. The fourth-order valence-electron chi connectivity index (χ4n) is 1.43. The predicted molar refractivity (Wildman–Crippen MR) is 78.8 cm³/mol. The van der Waals surface area contributed by atoms with Gasteiger partial charge in [0.25, 0.3) is 5.91 Å². The van der Waals surface area contributed by atoms with Gasteiger partial charge in [-0.05, 0) is 34.1 Å². The molecule has 1 aromatic carbocycles. The highest BCUT2D eigenvalue weighted by Crippen LogP contribution is 2.20. The van der Waals surface area contributed by atoms with Crippen LogP contribution in [0.2, 0.25) is 0 Å². The molecule has 0 aliphatic rings. The summed E-state index contributed by atoms with van der Waals surface area (Å²) in [6, 6.07) is 4.89. The molecular weight excluding hydrogens is 346 g/mol. The largest absolute Gasteiger partial charge is 0.476 e. The van der Waals surface area contributed by atoms with Gasteiger partial charge < -0.3 is 16.2 Å². The van der Waals surface area contributed by atoms with Crippen molar-refractivity contribution in [2.24, 2.45) is 0 Å². The molecule has 1 amide bonds. The van der Waals surface area contributed by atoms with E-state index in [0.29, 0.717) is 16.3 Å². The number of amides is 1. The Labute approximate surface area is 126 Å². The summed E-state index contributed by atoms with van der Waals surface area (Å²) in [5, 5.41) is 13.4. The summed E-state index contributed by atoms with van der Waals surface area (Å²) in [6.45, 7) is 0.173. The molecule has 0 spiro atoms. The van der Waals surface area contributed by atoms with E-state index in [4.69, 9.17) is 10.8 Å². The summed E-state index contributed by atoms with van der Waals surface area (Å²) >= 11 is 4.43. The molecule has 1 aromatic heterocycles. The number of rotatable bonds is 4. The van der Waals surface area contributed by atoms with E-state index in [1.165, 1.54) is 16.7 Å². The van der Waals surface area contributed by atoms with Gasteiger partial charge in [-0.1, -0.05) is 0 Å². The lowest BCUT2D eigenvalue weighted by molar-refractivity contribution is 0.0691. The van der Waals surface area contributed by atoms with Crippen LogP contribution < -0.4 is 11.1 Å². The van der Waals surface area contributed by atoms with Gasteiger partial charge in [-0.15, -0.1) is 11.3 Å². The van der Waals surface area contributed by atoms with Crippen LogP contribution in [0.4, 0.5) is 5.69 Å². The molecule has 0 saturated carbocycles. The molecule has 4 N–H and O–H groups in total. The van der Waals surface area contributed by atoms with Crippen LogP contribution in [-0.4, -0.2) is 22.0 Å². The molecule has 6 nitrogen and oxygen atoms in total. The minimum Gasteiger partial charge on any atom is -0.476 e. The van der Waals surface area contributed by atoms with Crippen molar-refractivity contribution < 1.29 is 14.7 Å². The average Bonchev–Trinajstić information content (AvgIpc) is 2.88. The Morgan fingerprint density at radius 3 is 2.80 bits per heavy atom. The van der Waals surface area contributed by atoms with E-state index in [-0.39, 0.29) is 18.1 Å². The van der Waals surface area contributed by atoms with Crippen LogP contribution in [0, 0.1) is 0 Å². The van der Waals surface area contributed by atoms with E-state index in [9.17, 15) is 9.59 Å². The summed E-state index contributed by atoms with van der Waals surface area (Å²) < 4.78 is 0.722. The Balaban J connectivity index is 2.00. The van der Waals surface area contributed by atoms with Gasteiger partial charge in [-0.25, -0.2) is 9.78 Å². The van der Waals surface area contributed by atoms with E-state index < -0.39 is 5.97 Å². The molecule has 2 rings (SSSR count). The van der Waals surface area contributed by atoms with E-state index in [1.807, 2.05) is 0 Å². The number of thiazole rings is 1. The van der Waals surface area contributed by atoms with E-state index in [0.717, 1.165) is 4.47 Å². The van der Waals surface area contributed by atoms with Crippen LogP contribution in [-0.2, 0) is 6.54 Å². The number of carbonyl (C=O) groups excluding carboxylic acids is 1. The van der Waals surface area contributed by atoms with Gasteiger partial charge >= 0.3 is 5.97 Å². The summed E-state index contributed by atoms with van der Waals surface area (Å²) in [4.78, 5) is 26.5. The van der Waals surface area contributed by atoms with Gasteiger partial charge in [0.2, 0.25) is 0 Å². The second kappa shape index (κ2) is 6.02. The summed E-state index contributed by atoms with van der Waals surface area (Å²) in [6.07, 6.45) is 0. The van der Waals surface area contributed by atoms with Crippen molar-refractivity contribution in [1.29, 1.82) is 0 Å². The number of benzene rings is 1. The number of carboxylic acids is 1. The first-order chi connectivity index (χ1) is 9.47. The SMILES string of the molecule is Nc1cc(C(=O)NCc2nc(C(=O)O)cs2)ccc1Br. The molecule has 0 aliphatic heterocycles. The lowest BCUT2D eigenvalue weighted by atomic mass is 10.2. The number of hydrogen-bond donors (Lipinski definition) is 3. The van der Waals surface area contributed by atoms with Gasteiger partial charge in [-0.3, -0.25) is 4.79 Å². The zero-order valence-corrected chi connectivity index (χ0v) is 12.5. The molecule has 1 heterocycles. The molecule has 0 radical (unpaired) electrons. The molecule has 0 bridgehead atoms. The molecule has 104 valence electrons. The van der Waals surface area contributed by atoms with Crippen molar-refractivity contribution in [2.45, 2.75) is 6.54 Å². The monoisotopic (exact) mass is 355 g/mol. The minimum absolute atomic E-state index is 0.0212. The molecule has 2 aromatic rings. The number of aromatic nitrogens is 1. The quantitative estimate of drug-likeness (QED) is 0.728. The van der Waals surface area contributed by atoms with E-state index in [1.54, 1.807) is 18.2 Å². The molecule has 20 heavy (non-hydrogen) atoms. The van der Waals surface area contributed by atoms with Crippen molar-refractivity contribution >= 4 is 44.8 Å². The van der Waals surface area contributed by atoms with Crippen molar-refractivity contribution in [2.75, 3.05) is 5.73 Å². The molecule has 0 atom stereocenters. The third kappa shape index (κ3) is 3.34. The van der Waals surface area contributed by atoms with Gasteiger partial charge in [0.1, 0.15) is 5.01 Å². The number of nitrogens with zero attached hydrogens (tertiary/aromatic N) is 1. The Morgan fingerprint density at radius 1 is 1.45 bits per heavy atom. The fourth-order valence-corrected chi connectivity index (χ4v) is 2.39. The van der Waals surface area contributed by atoms with Crippen LogP contribution in [0.1, 0.15) is 25.9 Å². The second-order valence-corrected chi connectivity index (χ2v) is 5.65. The van der Waals surface area contributed by atoms with Crippen molar-refractivity contribution in [3.63, 3.8) is 0 Å². The summed E-state index contributed by atoms with van der Waals surface area (Å²) in [5.74, 6) is -1.38. The van der Waals surface area contributed by atoms with Gasteiger partial charge in [0, 0.05) is 21.1 Å². The van der Waals surface area contributed by atoms with Gasteiger partial charge in [0.15, 0.2) is 5.69 Å². The van der Waals surface area contributed by atoms with Crippen molar-refractivity contribution in [3.8, 4) is 0 Å². The molecule has 0 aliphatic carbocycles. The number of nitrogens with two attached hydrogens (primary N) is 1. The van der Waals surface area contributed by atoms with E-state index >= 15 is 0 Å². The van der Waals surface area contributed by atoms with Crippen LogP contribution in [0.3, 0.4) is 0 Å². The van der Waals surface area contributed by atoms with Crippen molar-refractivity contribution in [3.05, 3.63) is 44.3 Å². The highest BCUT2D eigenvalue weighted by molar-refractivity contribution is 9.10. The number of carbonyl (C=O) groups is 2. The second-order valence-electron chi connectivity index (χ2n) is 3.85. The highest BCUT2D eigenvalue weighted by atomic mass is 79.9. The number of nitrogen functional groups attached to an aromatic ring is 1. The number of nitrogens with one attached hydrogen (secondary N) is 1. The Morgan fingerprint density at radius 2 is 2.20 bits per heavy atom. The van der Waals surface area contributed by atoms with Crippen LogP contribution in [0.15, 0.2) is 28.1 Å². The zero-order valence-electron chi connectivity index (χ0n) is 10.1. The third-order valence-corrected chi connectivity index (χ3v) is 4.00. The van der Waals surface area contributed by atoms with Gasteiger partial charge in [0.05, 0.1) is 6.54 Å². The highest BCUT2D eigenvalue weighted by Gasteiger charge is 2.11. The Kier molecular flexibility index (Phi) is 4.35. The lowest BCUT2D eigenvalue weighted by Gasteiger charge is -2.05. The van der Waals surface area contributed by atoms with E-state index in [2.05, 4.69) is 26.2 Å². The number of anilines is 1. The lowest BCUT2D eigenvalue weighted by Crippen LogP contribution is -2.22.